The van der Waals surface area contributed by atoms with Gasteiger partial charge in [-0.3, -0.25) is 9.59 Å². The van der Waals surface area contributed by atoms with Crippen LogP contribution in [0.1, 0.15) is 32.3 Å². The molecule has 0 radical (unpaired) electrons. The predicted molar refractivity (Wildman–Crippen MR) is 108 cm³/mol. The number of amides is 2. The van der Waals surface area contributed by atoms with Crippen LogP contribution in [0.2, 0.25) is 0 Å². The maximum atomic E-state index is 12.3. The second kappa shape index (κ2) is 10.4. The zero-order valence-corrected chi connectivity index (χ0v) is 16.9. The van der Waals surface area contributed by atoms with Gasteiger partial charge in [-0.2, -0.15) is 0 Å². The first-order valence-electron chi connectivity index (χ1n) is 9.90. The van der Waals surface area contributed by atoms with Gasteiger partial charge in [0.1, 0.15) is 0 Å². The Kier molecular flexibility index (Phi) is 8.25. The molecule has 1 heterocycles. The van der Waals surface area contributed by atoms with E-state index in [1.807, 2.05) is 24.8 Å². The molecule has 2 rings (SSSR count). The Bertz CT molecular complexity index is 597. The van der Waals surface area contributed by atoms with Gasteiger partial charge in [0.2, 0.25) is 11.8 Å². The Hall–Kier alpha value is -1.92. The number of rotatable bonds is 8. The zero-order valence-electron chi connectivity index (χ0n) is 16.9. The summed E-state index contributed by atoms with van der Waals surface area (Å²) >= 11 is 0. The fraction of sp³-hybridized carbons (Fsp3) is 0.619. The van der Waals surface area contributed by atoms with Crippen molar-refractivity contribution in [3.05, 3.63) is 35.9 Å². The van der Waals surface area contributed by atoms with E-state index in [9.17, 15) is 9.59 Å². The lowest BCUT2D eigenvalue weighted by Gasteiger charge is -2.34. The molecule has 1 aliphatic rings. The standard InChI is InChI=1S/C21H34N4O2/c1-16(2)20(22)21(27)23-13-19(26)25-11-9-18(10-12-25)15-24(3)14-17-7-5-4-6-8-17/h4-8,16,18,20H,9-15,22H2,1-3H3,(H,23,27)/t20-/m0/s1. The third kappa shape index (κ3) is 6.96. The van der Waals surface area contributed by atoms with Gasteiger partial charge in [-0.05, 0) is 37.3 Å². The van der Waals surface area contributed by atoms with Gasteiger partial charge >= 0.3 is 0 Å². The molecule has 0 saturated carbocycles. The number of likely N-dealkylation sites (tertiary alicyclic amines) is 1. The lowest BCUT2D eigenvalue weighted by atomic mass is 9.96. The van der Waals surface area contributed by atoms with Crippen LogP contribution in [0.4, 0.5) is 0 Å². The zero-order chi connectivity index (χ0) is 19.8. The van der Waals surface area contributed by atoms with Crippen LogP contribution in [0.25, 0.3) is 0 Å². The van der Waals surface area contributed by atoms with Crippen molar-refractivity contribution in [1.29, 1.82) is 0 Å². The van der Waals surface area contributed by atoms with E-state index in [0.29, 0.717) is 5.92 Å². The average Bonchev–Trinajstić information content (AvgIpc) is 2.66. The molecule has 0 spiro atoms. The van der Waals surface area contributed by atoms with Crippen LogP contribution in [-0.4, -0.2) is 60.9 Å². The minimum absolute atomic E-state index is 0.0182. The molecule has 0 aliphatic carbocycles. The van der Waals surface area contributed by atoms with E-state index >= 15 is 0 Å². The van der Waals surface area contributed by atoms with Crippen LogP contribution >= 0.6 is 0 Å². The van der Waals surface area contributed by atoms with Gasteiger partial charge in [-0.15, -0.1) is 0 Å². The highest BCUT2D eigenvalue weighted by atomic mass is 16.2. The van der Waals surface area contributed by atoms with Gasteiger partial charge in [-0.1, -0.05) is 44.2 Å². The molecule has 6 nitrogen and oxygen atoms in total. The van der Waals surface area contributed by atoms with Crippen LogP contribution in [0.5, 0.6) is 0 Å². The first-order chi connectivity index (χ1) is 12.9. The minimum Gasteiger partial charge on any atom is -0.346 e. The number of nitrogens with one attached hydrogen (secondary N) is 1. The van der Waals surface area contributed by atoms with E-state index in [0.717, 1.165) is 39.0 Å². The number of nitrogens with two attached hydrogens (primary N) is 1. The second-order valence-corrected chi connectivity index (χ2v) is 7.99. The van der Waals surface area contributed by atoms with Gasteiger partial charge in [0.25, 0.3) is 0 Å². The second-order valence-electron chi connectivity index (χ2n) is 7.99. The number of carbonyl (C=O) groups excluding carboxylic acids is 2. The summed E-state index contributed by atoms with van der Waals surface area (Å²) in [6, 6.07) is 9.91. The Labute approximate surface area is 163 Å². The summed E-state index contributed by atoms with van der Waals surface area (Å²) in [6.45, 7) is 7.33. The van der Waals surface area contributed by atoms with Crippen molar-refractivity contribution >= 4 is 11.8 Å². The molecule has 27 heavy (non-hydrogen) atoms. The van der Waals surface area contributed by atoms with Crippen LogP contribution in [0, 0.1) is 11.8 Å². The van der Waals surface area contributed by atoms with Crippen molar-refractivity contribution in [2.24, 2.45) is 17.6 Å². The minimum atomic E-state index is -0.566. The van der Waals surface area contributed by atoms with E-state index in [4.69, 9.17) is 5.73 Å². The van der Waals surface area contributed by atoms with Crippen molar-refractivity contribution in [3.63, 3.8) is 0 Å². The highest BCUT2D eigenvalue weighted by molar-refractivity contribution is 5.87. The van der Waals surface area contributed by atoms with Crippen molar-refractivity contribution in [2.45, 2.75) is 39.3 Å². The summed E-state index contributed by atoms with van der Waals surface area (Å²) in [5.41, 5.74) is 7.12. The maximum absolute atomic E-state index is 12.3. The number of carbonyl (C=O) groups is 2. The number of piperidine rings is 1. The van der Waals surface area contributed by atoms with E-state index in [-0.39, 0.29) is 24.3 Å². The van der Waals surface area contributed by atoms with Crippen LogP contribution in [0.3, 0.4) is 0 Å². The van der Waals surface area contributed by atoms with Crippen LogP contribution < -0.4 is 11.1 Å². The average molecular weight is 375 g/mol. The monoisotopic (exact) mass is 374 g/mol. The topological polar surface area (TPSA) is 78.7 Å². The first-order valence-corrected chi connectivity index (χ1v) is 9.90. The quantitative estimate of drug-likeness (QED) is 0.722. The van der Waals surface area contributed by atoms with E-state index in [2.05, 4.69) is 41.5 Å². The molecule has 1 atom stereocenters. The third-order valence-corrected chi connectivity index (χ3v) is 5.27. The molecule has 0 aromatic heterocycles. The van der Waals surface area contributed by atoms with E-state index < -0.39 is 6.04 Å². The molecule has 2 amide bonds. The van der Waals surface area contributed by atoms with Gasteiger partial charge < -0.3 is 20.9 Å². The smallest absolute Gasteiger partial charge is 0.241 e. The van der Waals surface area contributed by atoms with Gasteiger partial charge in [0.15, 0.2) is 0 Å². The summed E-state index contributed by atoms with van der Waals surface area (Å²) in [5, 5.41) is 2.67. The van der Waals surface area contributed by atoms with Crippen molar-refractivity contribution < 1.29 is 9.59 Å². The summed E-state index contributed by atoms with van der Waals surface area (Å²) in [7, 11) is 2.15. The molecule has 6 heteroatoms. The molecule has 150 valence electrons. The Morgan fingerprint density at radius 1 is 1.22 bits per heavy atom. The van der Waals surface area contributed by atoms with E-state index in [1.54, 1.807) is 0 Å². The number of hydrogen-bond donors (Lipinski definition) is 2. The molecule has 1 saturated heterocycles. The summed E-state index contributed by atoms with van der Waals surface area (Å²) < 4.78 is 0. The Morgan fingerprint density at radius 2 is 1.85 bits per heavy atom. The molecule has 3 N–H and O–H groups in total. The number of benzene rings is 1. The normalized spacial score (nSPS) is 16.6. The van der Waals surface area contributed by atoms with Gasteiger partial charge in [0, 0.05) is 26.2 Å². The summed E-state index contributed by atoms with van der Waals surface area (Å²) in [4.78, 5) is 28.4. The lowest BCUT2D eigenvalue weighted by Crippen LogP contribution is -2.49. The molecule has 1 aliphatic heterocycles. The van der Waals surface area contributed by atoms with Gasteiger partial charge in [-0.25, -0.2) is 0 Å². The highest BCUT2D eigenvalue weighted by Gasteiger charge is 2.24. The number of hydrogen-bond acceptors (Lipinski definition) is 4. The highest BCUT2D eigenvalue weighted by Crippen LogP contribution is 2.19. The Morgan fingerprint density at radius 3 is 2.44 bits per heavy atom. The fourth-order valence-electron chi connectivity index (χ4n) is 3.46. The first kappa shape index (κ1) is 21.4. The SMILES string of the molecule is CC(C)[C@H](N)C(=O)NCC(=O)N1CCC(CN(C)Cc2ccccc2)CC1. The molecule has 1 aromatic carbocycles. The summed E-state index contributed by atoms with van der Waals surface area (Å²) in [6.07, 6.45) is 2.01. The number of nitrogens with zero attached hydrogens (tertiary/aromatic N) is 2. The lowest BCUT2D eigenvalue weighted by molar-refractivity contribution is -0.134. The molecular weight excluding hydrogens is 340 g/mol. The van der Waals surface area contributed by atoms with Crippen LogP contribution in [-0.2, 0) is 16.1 Å². The van der Waals surface area contributed by atoms with Crippen molar-refractivity contribution in [1.82, 2.24) is 15.1 Å². The van der Waals surface area contributed by atoms with Crippen LogP contribution in [0.15, 0.2) is 30.3 Å². The molecule has 1 fully saturated rings. The molecule has 0 unspecified atom stereocenters. The maximum Gasteiger partial charge on any atom is 0.241 e. The largest absolute Gasteiger partial charge is 0.346 e. The van der Waals surface area contributed by atoms with Gasteiger partial charge in [0.05, 0.1) is 12.6 Å². The Balaban J connectivity index is 1.68. The molecular formula is C21H34N4O2. The van der Waals surface area contributed by atoms with Crippen molar-refractivity contribution in [2.75, 3.05) is 33.2 Å². The van der Waals surface area contributed by atoms with E-state index in [1.165, 1.54) is 5.56 Å². The molecule has 1 aromatic rings. The fourth-order valence-corrected chi connectivity index (χ4v) is 3.46. The summed E-state index contributed by atoms with van der Waals surface area (Å²) in [5.74, 6) is 0.390. The predicted octanol–water partition coefficient (Wildman–Crippen LogP) is 1.46. The van der Waals surface area contributed by atoms with Crippen molar-refractivity contribution in [3.8, 4) is 0 Å². The third-order valence-electron chi connectivity index (χ3n) is 5.27. The molecule has 0 bridgehead atoms.